The van der Waals surface area contributed by atoms with E-state index in [9.17, 15) is 30.0 Å². The number of nitrogens with one attached hydrogen (secondary N) is 1. The number of hydrogen-bond acceptors (Lipinski definition) is 9. The van der Waals surface area contributed by atoms with Gasteiger partial charge in [0.1, 0.15) is 24.4 Å². The lowest BCUT2D eigenvalue weighted by molar-refractivity contribution is -0.315. The molecule has 0 spiro atoms. The fourth-order valence-electron chi connectivity index (χ4n) is 3.43. The number of carbonyl (C=O) groups excluding carboxylic acids is 1. The van der Waals surface area contributed by atoms with Crippen LogP contribution in [0, 0.1) is 0 Å². The quantitative estimate of drug-likeness (QED) is 0.289. The van der Waals surface area contributed by atoms with Gasteiger partial charge in [0.2, 0.25) is 5.91 Å². The largest absolute Gasteiger partial charge is 0.479 e. The minimum atomic E-state index is -1.61. The van der Waals surface area contributed by atoms with Gasteiger partial charge in [0.05, 0.1) is 24.4 Å². The number of carboxylic acid groups (broad SMARTS) is 1. The summed E-state index contributed by atoms with van der Waals surface area (Å²) >= 11 is 0. The van der Waals surface area contributed by atoms with Gasteiger partial charge in [-0.2, -0.15) is 0 Å². The van der Waals surface area contributed by atoms with Crippen molar-refractivity contribution in [1.82, 2.24) is 5.32 Å². The highest BCUT2D eigenvalue weighted by Crippen LogP contribution is 2.33. The first-order valence-corrected chi connectivity index (χ1v) is 8.61. The average Bonchev–Trinajstić information content (AvgIpc) is 2.55. The van der Waals surface area contributed by atoms with Crippen molar-refractivity contribution < 1.29 is 49.3 Å². The van der Waals surface area contributed by atoms with E-state index in [2.05, 4.69) is 5.32 Å². The second-order valence-electron chi connectivity index (χ2n) is 7.35. The zero-order chi connectivity index (χ0) is 20.5. The van der Waals surface area contributed by atoms with Crippen molar-refractivity contribution in [1.29, 1.82) is 0 Å². The molecule has 0 aromatic heterocycles. The highest BCUT2D eigenvalue weighted by atomic mass is 16.7. The van der Waals surface area contributed by atoms with E-state index in [-0.39, 0.29) is 6.42 Å². The Bertz CT molecular complexity index is 555. The molecule has 2 aliphatic heterocycles. The first-order chi connectivity index (χ1) is 12.5. The minimum Gasteiger partial charge on any atom is -0.479 e. The highest BCUT2D eigenvalue weighted by Gasteiger charge is 2.52. The van der Waals surface area contributed by atoms with Crippen LogP contribution in [0.3, 0.4) is 0 Å². The number of amides is 1. The van der Waals surface area contributed by atoms with E-state index >= 15 is 0 Å². The van der Waals surface area contributed by atoms with E-state index in [1.807, 2.05) is 0 Å². The number of ether oxygens (including phenoxy) is 3. The van der Waals surface area contributed by atoms with E-state index in [1.165, 1.54) is 6.92 Å². The Morgan fingerprint density at radius 3 is 2.37 bits per heavy atom. The van der Waals surface area contributed by atoms with Gasteiger partial charge in [0, 0.05) is 13.3 Å². The number of aliphatic hydroxyl groups is 4. The van der Waals surface area contributed by atoms with Gasteiger partial charge < -0.3 is 45.1 Å². The Kier molecular flexibility index (Phi) is 6.79. The normalized spacial score (nSPS) is 41.7. The molecule has 0 aliphatic carbocycles. The molecule has 0 aromatic rings. The summed E-state index contributed by atoms with van der Waals surface area (Å²) in [6.07, 6.45) is -9.79. The van der Waals surface area contributed by atoms with Crippen molar-refractivity contribution in [3.05, 3.63) is 0 Å². The van der Waals surface area contributed by atoms with Crippen LogP contribution in [0.2, 0.25) is 0 Å². The summed E-state index contributed by atoms with van der Waals surface area (Å²) in [6.45, 7) is 3.99. The van der Waals surface area contributed by atoms with Gasteiger partial charge in [-0.25, -0.2) is 4.79 Å². The molecule has 2 heterocycles. The number of carboxylic acids is 1. The number of aliphatic hydroxyl groups excluding tert-OH is 4. The van der Waals surface area contributed by atoms with E-state index in [4.69, 9.17) is 19.3 Å². The van der Waals surface area contributed by atoms with Crippen molar-refractivity contribution >= 4 is 11.9 Å². The van der Waals surface area contributed by atoms with Gasteiger partial charge in [-0.1, -0.05) is 0 Å². The van der Waals surface area contributed by atoms with E-state index < -0.39 is 73.0 Å². The third-order valence-electron chi connectivity index (χ3n) is 4.75. The lowest BCUT2D eigenvalue weighted by Gasteiger charge is -2.50. The smallest absolute Gasteiger partial charge is 0.335 e. The van der Waals surface area contributed by atoms with Gasteiger partial charge in [0.25, 0.3) is 0 Å². The molecule has 5 unspecified atom stereocenters. The molecule has 0 radical (unpaired) electrons. The Hall–Kier alpha value is -1.34. The fraction of sp³-hybridized carbons (Fsp3) is 0.875. The van der Waals surface area contributed by atoms with Crippen LogP contribution in [0.1, 0.15) is 27.2 Å². The van der Waals surface area contributed by atoms with Crippen LogP contribution in [-0.4, -0.2) is 98.6 Å². The van der Waals surface area contributed by atoms with Crippen LogP contribution in [0.25, 0.3) is 0 Å². The zero-order valence-electron chi connectivity index (χ0n) is 15.3. The fourth-order valence-corrected chi connectivity index (χ4v) is 3.43. The van der Waals surface area contributed by atoms with Crippen LogP contribution >= 0.6 is 0 Å². The van der Waals surface area contributed by atoms with Crippen LogP contribution in [0.15, 0.2) is 0 Å². The summed E-state index contributed by atoms with van der Waals surface area (Å²) in [5.74, 6) is -1.86. The summed E-state index contributed by atoms with van der Waals surface area (Å²) in [6, 6.07) is -0.890. The Balaban J connectivity index is 2.27. The topological polar surface area (TPSA) is 175 Å². The maximum absolute atomic E-state index is 11.6. The first kappa shape index (κ1) is 22.0. The summed E-state index contributed by atoms with van der Waals surface area (Å²) in [5.41, 5.74) is -1.06. The van der Waals surface area contributed by atoms with Gasteiger partial charge >= 0.3 is 5.97 Å². The zero-order valence-corrected chi connectivity index (χ0v) is 15.3. The Morgan fingerprint density at radius 1 is 1.22 bits per heavy atom. The molecule has 11 heteroatoms. The highest BCUT2D eigenvalue weighted by molar-refractivity contribution is 5.73. The summed E-state index contributed by atoms with van der Waals surface area (Å²) in [5, 5.41) is 51.6. The van der Waals surface area contributed by atoms with Crippen LogP contribution in [-0.2, 0) is 23.8 Å². The van der Waals surface area contributed by atoms with Crippen molar-refractivity contribution in [2.24, 2.45) is 0 Å². The third kappa shape index (κ3) is 4.74. The summed E-state index contributed by atoms with van der Waals surface area (Å²) < 4.78 is 16.5. The van der Waals surface area contributed by atoms with Gasteiger partial charge in [-0.3, -0.25) is 4.79 Å². The molecule has 27 heavy (non-hydrogen) atoms. The summed E-state index contributed by atoms with van der Waals surface area (Å²) in [7, 11) is 0. The van der Waals surface area contributed by atoms with E-state index in [1.54, 1.807) is 13.8 Å². The molecule has 0 aromatic carbocycles. The number of hydrogen-bond donors (Lipinski definition) is 6. The standard InChI is InChI=1S/C16H27NO10/c1-6(19)17-13-12(10(22)9(5-18)27-16(13,2)3)26-15-8(21)4-7(20)11(25-15)14(23)24/h7-13,15,18,20-22H,4-5H2,1-3H3,(H,17,19)(H,23,24)/t7-,8-,9?,10?,11?,12?,13-,15?/m0/s1. The van der Waals surface area contributed by atoms with Gasteiger partial charge in [0.15, 0.2) is 12.4 Å². The van der Waals surface area contributed by atoms with E-state index in [0.717, 1.165) is 0 Å². The second kappa shape index (κ2) is 8.35. The maximum Gasteiger partial charge on any atom is 0.335 e. The molecule has 2 fully saturated rings. The number of carbonyl (C=O) groups is 2. The molecule has 156 valence electrons. The molecular formula is C16H27NO10. The Morgan fingerprint density at radius 2 is 1.85 bits per heavy atom. The molecule has 0 bridgehead atoms. The molecule has 11 nitrogen and oxygen atoms in total. The van der Waals surface area contributed by atoms with Gasteiger partial charge in [-0.05, 0) is 13.8 Å². The molecule has 0 saturated carbocycles. The van der Waals surface area contributed by atoms with E-state index in [0.29, 0.717) is 0 Å². The molecule has 8 atom stereocenters. The molecule has 6 N–H and O–H groups in total. The molecule has 1 amide bonds. The third-order valence-corrected chi connectivity index (χ3v) is 4.75. The number of rotatable bonds is 5. The lowest BCUT2D eigenvalue weighted by atomic mass is 9.84. The van der Waals surface area contributed by atoms with Crippen LogP contribution in [0.5, 0.6) is 0 Å². The predicted molar refractivity (Wildman–Crippen MR) is 87.4 cm³/mol. The average molecular weight is 393 g/mol. The summed E-state index contributed by atoms with van der Waals surface area (Å²) in [4.78, 5) is 22.8. The lowest BCUT2D eigenvalue weighted by Crippen LogP contribution is -2.69. The van der Waals surface area contributed by atoms with Crippen molar-refractivity contribution in [2.75, 3.05) is 6.61 Å². The first-order valence-electron chi connectivity index (χ1n) is 8.61. The monoisotopic (exact) mass is 393 g/mol. The molecule has 2 rings (SSSR count). The van der Waals surface area contributed by atoms with Crippen molar-refractivity contribution in [2.45, 2.75) is 81.7 Å². The minimum absolute atomic E-state index is 0.307. The van der Waals surface area contributed by atoms with Crippen LogP contribution < -0.4 is 5.32 Å². The maximum atomic E-state index is 11.6. The van der Waals surface area contributed by atoms with Crippen LogP contribution in [0.4, 0.5) is 0 Å². The predicted octanol–water partition coefficient (Wildman–Crippen LogP) is -2.67. The molecular weight excluding hydrogens is 366 g/mol. The number of aliphatic carboxylic acids is 1. The van der Waals surface area contributed by atoms with Crippen molar-refractivity contribution in [3.63, 3.8) is 0 Å². The second-order valence-corrected chi connectivity index (χ2v) is 7.35. The Labute approximate surface area is 155 Å². The molecule has 2 aliphatic rings. The SMILES string of the molecule is CC(=O)N[C@H]1C(OC2OC(C(=O)O)[C@@H](O)C[C@@H]2O)C(O)C(CO)OC1(C)C. The van der Waals surface area contributed by atoms with Crippen molar-refractivity contribution in [3.8, 4) is 0 Å². The molecule has 2 saturated heterocycles. The van der Waals surface area contributed by atoms with Gasteiger partial charge in [-0.15, -0.1) is 0 Å².